The minimum atomic E-state index is 0.634. The van der Waals surface area contributed by atoms with E-state index in [1.807, 2.05) is 6.07 Å². The zero-order valence-electron chi connectivity index (χ0n) is 5.93. The van der Waals surface area contributed by atoms with Gasteiger partial charge in [0.25, 0.3) is 0 Å². The summed E-state index contributed by atoms with van der Waals surface area (Å²) in [5, 5.41) is 7.51. The first-order chi connectivity index (χ1) is 5.42. The van der Waals surface area contributed by atoms with Crippen molar-refractivity contribution in [3.8, 4) is 0 Å². The van der Waals surface area contributed by atoms with Crippen molar-refractivity contribution in [3.63, 3.8) is 0 Å². The highest BCUT2D eigenvalue weighted by Gasteiger charge is 2.02. The van der Waals surface area contributed by atoms with Gasteiger partial charge in [-0.05, 0) is 17.3 Å². The minimum Gasteiger partial charge on any atom is -0.397 e. The maximum absolute atomic E-state index is 4.85. The molecule has 0 radical (unpaired) electrons. The first-order valence-electron chi connectivity index (χ1n) is 3.13. The summed E-state index contributed by atoms with van der Waals surface area (Å²) in [5.74, 6) is 0. The lowest BCUT2D eigenvalue weighted by molar-refractivity contribution is 0.138. The summed E-state index contributed by atoms with van der Waals surface area (Å²) in [5.41, 5.74) is 1.37. The molecule has 2 aromatic rings. The zero-order valence-corrected chi connectivity index (χ0v) is 5.93. The Balaban J connectivity index is 2.76. The molecule has 2 heterocycles. The van der Waals surface area contributed by atoms with Gasteiger partial charge in [-0.15, -0.1) is 5.10 Å². The van der Waals surface area contributed by atoms with E-state index in [2.05, 4.69) is 15.3 Å². The number of hydrogen-bond donors (Lipinski definition) is 0. The van der Waals surface area contributed by atoms with Crippen LogP contribution in [-0.2, 0) is 0 Å². The quantitative estimate of drug-likeness (QED) is 0.569. The van der Waals surface area contributed by atoms with Crippen molar-refractivity contribution < 1.29 is 4.84 Å². The van der Waals surface area contributed by atoms with E-state index < -0.39 is 0 Å². The fraction of sp³-hybridized carbons (Fsp3) is 0.167. The Bertz CT molecular complexity index is 369. The lowest BCUT2D eigenvalue weighted by Gasteiger charge is -1.94. The van der Waals surface area contributed by atoms with Gasteiger partial charge in [0, 0.05) is 6.20 Å². The van der Waals surface area contributed by atoms with Gasteiger partial charge in [0.15, 0.2) is 0 Å². The molecule has 5 heteroatoms. The molecule has 11 heavy (non-hydrogen) atoms. The number of aromatic nitrogens is 4. The molecule has 0 bridgehead atoms. The molecule has 0 unspecified atom stereocenters. The van der Waals surface area contributed by atoms with E-state index in [9.17, 15) is 0 Å². The van der Waals surface area contributed by atoms with Crippen LogP contribution in [0.2, 0.25) is 0 Å². The number of rotatable bonds is 1. The zero-order chi connectivity index (χ0) is 7.68. The van der Waals surface area contributed by atoms with E-state index in [0.29, 0.717) is 5.65 Å². The Labute approximate surface area is 62.6 Å². The summed E-state index contributed by atoms with van der Waals surface area (Å²) >= 11 is 0. The molecular formula is C6H6N4O. The molecular weight excluding hydrogens is 144 g/mol. The maximum atomic E-state index is 4.85. The van der Waals surface area contributed by atoms with E-state index in [-0.39, 0.29) is 0 Å². The van der Waals surface area contributed by atoms with E-state index in [4.69, 9.17) is 4.84 Å². The predicted octanol–water partition coefficient (Wildman–Crippen LogP) is -0.115. The number of hydrogen-bond acceptors (Lipinski definition) is 4. The SMILES string of the molecule is COn1nnc2cccnc21. The lowest BCUT2D eigenvalue weighted by Crippen LogP contribution is -2.07. The molecule has 56 valence electrons. The van der Waals surface area contributed by atoms with Gasteiger partial charge in [0.1, 0.15) is 12.6 Å². The summed E-state index contributed by atoms with van der Waals surface area (Å²) in [6.45, 7) is 0. The first-order valence-corrected chi connectivity index (χ1v) is 3.13. The third-order valence-corrected chi connectivity index (χ3v) is 1.35. The number of pyridine rings is 1. The van der Waals surface area contributed by atoms with Crippen LogP contribution in [0.15, 0.2) is 18.3 Å². The molecule has 0 aliphatic rings. The highest BCUT2D eigenvalue weighted by atomic mass is 16.7. The van der Waals surface area contributed by atoms with Crippen molar-refractivity contribution in [3.05, 3.63) is 18.3 Å². The van der Waals surface area contributed by atoms with Gasteiger partial charge in [-0.3, -0.25) is 0 Å². The largest absolute Gasteiger partial charge is 0.397 e. The van der Waals surface area contributed by atoms with Gasteiger partial charge < -0.3 is 4.84 Å². The van der Waals surface area contributed by atoms with Crippen molar-refractivity contribution in [2.45, 2.75) is 0 Å². The second-order valence-electron chi connectivity index (χ2n) is 1.99. The second-order valence-corrected chi connectivity index (χ2v) is 1.99. The average Bonchev–Trinajstić information content (AvgIpc) is 2.47. The Kier molecular flexibility index (Phi) is 1.21. The van der Waals surface area contributed by atoms with Crippen molar-refractivity contribution >= 4 is 11.2 Å². The van der Waals surface area contributed by atoms with Crippen LogP contribution in [0.4, 0.5) is 0 Å². The van der Waals surface area contributed by atoms with Gasteiger partial charge in [0.05, 0.1) is 0 Å². The summed E-state index contributed by atoms with van der Waals surface area (Å²) < 4.78 is 0. The molecule has 0 aliphatic heterocycles. The monoisotopic (exact) mass is 150 g/mol. The Morgan fingerprint density at radius 1 is 1.55 bits per heavy atom. The molecule has 2 aromatic heterocycles. The molecule has 0 saturated heterocycles. The molecule has 0 saturated carbocycles. The van der Waals surface area contributed by atoms with Crippen LogP contribution >= 0.6 is 0 Å². The Hall–Kier alpha value is -1.65. The summed E-state index contributed by atoms with van der Waals surface area (Å²) in [6, 6.07) is 3.63. The predicted molar refractivity (Wildman–Crippen MR) is 37.8 cm³/mol. The van der Waals surface area contributed by atoms with Crippen LogP contribution in [0, 0.1) is 0 Å². The highest BCUT2D eigenvalue weighted by Crippen LogP contribution is 2.03. The molecule has 0 aromatic carbocycles. The van der Waals surface area contributed by atoms with Crippen LogP contribution in [0.5, 0.6) is 0 Å². The fourth-order valence-electron chi connectivity index (χ4n) is 0.868. The molecule has 0 N–H and O–H groups in total. The standard InChI is InChI=1S/C6H6N4O/c1-11-10-6-5(8-9-10)3-2-4-7-6/h2-4H,1H3. The molecule has 2 rings (SSSR count). The van der Waals surface area contributed by atoms with Crippen LogP contribution in [0.1, 0.15) is 0 Å². The molecule has 0 fully saturated rings. The third kappa shape index (κ3) is 0.813. The Morgan fingerprint density at radius 2 is 2.45 bits per heavy atom. The van der Waals surface area contributed by atoms with Gasteiger partial charge in [-0.25, -0.2) is 4.98 Å². The van der Waals surface area contributed by atoms with Gasteiger partial charge >= 0.3 is 0 Å². The topological polar surface area (TPSA) is 52.8 Å². The Morgan fingerprint density at radius 3 is 3.27 bits per heavy atom. The minimum absolute atomic E-state index is 0.634. The van der Waals surface area contributed by atoms with E-state index in [1.165, 1.54) is 12.0 Å². The molecule has 0 spiro atoms. The fourth-order valence-corrected chi connectivity index (χ4v) is 0.868. The lowest BCUT2D eigenvalue weighted by atomic mass is 10.4. The van der Waals surface area contributed by atoms with Crippen molar-refractivity contribution in [1.82, 2.24) is 20.1 Å². The van der Waals surface area contributed by atoms with E-state index in [0.717, 1.165) is 5.52 Å². The van der Waals surface area contributed by atoms with Gasteiger partial charge in [-0.2, -0.15) is 0 Å². The summed E-state index contributed by atoms with van der Waals surface area (Å²) in [6.07, 6.45) is 1.67. The molecule has 5 nitrogen and oxygen atoms in total. The van der Waals surface area contributed by atoms with Crippen LogP contribution in [0.3, 0.4) is 0 Å². The number of nitrogens with zero attached hydrogens (tertiary/aromatic N) is 4. The van der Waals surface area contributed by atoms with Gasteiger partial charge in [-0.1, -0.05) is 4.85 Å². The normalized spacial score (nSPS) is 10.3. The summed E-state index contributed by atoms with van der Waals surface area (Å²) in [7, 11) is 1.52. The third-order valence-electron chi connectivity index (χ3n) is 1.35. The first kappa shape index (κ1) is 6.09. The van der Waals surface area contributed by atoms with Crippen LogP contribution < -0.4 is 4.84 Å². The summed E-state index contributed by atoms with van der Waals surface area (Å²) in [4.78, 5) is 10.1. The van der Waals surface area contributed by atoms with Gasteiger partial charge in [0.2, 0.25) is 5.65 Å². The molecule has 0 atom stereocenters. The maximum Gasteiger partial charge on any atom is 0.219 e. The smallest absolute Gasteiger partial charge is 0.219 e. The highest BCUT2D eigenvalue weighted by molar-refractivity contribution is 5.68. The average molecular weight is 150 g/mol. The van der Waals surface area contributed by atoms with Crippen molar-refractivity contribution in [2.75, 3.05) is 7.11 Å². The molecule has 0 amide bonds. The molecule has 0 aliphatic carbocycles. The van der Waals surface area contributed by atoms with Crippen molar-refractivity contribution in [2.24, 2.45) is 0 Å². The van der Waals surface area contributed by atoms with E-state index in [1.54, 1.807) is 12.3 Å². The number of fused-ring (bicyclic) bond motifs is 1. The van der Waals surface area contributed by atoms with E-state index >= 15 is 0 Å². The van der Waals surface area contributed by atoms with Crippen LogP contribution in [-0.4, -0.2) is 27.3 Å². The van der Waals surface area contributed by atoms with Crippen molar-refractivity contribution in [1.29, 1.82) is 0 Å². The second kappa shape index (κ2) is 2.19. The van der Waals surface area contributed by atoms with Crippen LogP contribution in [0.25, 0.3) is 11.2 Å².